The molecule has 0 saturated carbocycles. The number of hydrogen-bond acceptors (Lipinski definition) is 3. The number of urea groups is 1. The van der Waals surface area contributed by atoms with Crippen molar-refractivity contribution in [3.8, 4) is 0 Å². The summed E-state index contributed by atoms with van der Waals surface area (Å²) in [5.41, 5.74) is 1.37. The first-order chi connectivity index (χ1) is 9.58. The van der Waals surface area contributed by atoms with Gasteiger partial charge in [-0.3, -0.25) is 14.9 Å². The molecule has 1 aliphatic rings. The van der Waals surface area contributed by atoms with Gasteiger partial charge in [-0.25, -0.2) is 4.79 Å². The predicted octanol–water partition coefficient (Wildman–Crippen LogP) is 1.96. The van der Waals surface area contributed by atoms with Crippen LogP contribution in [-0.2, 0) is 9.59 Å². The summed E-state index contributed by atoms with van der Waals surface area (Å²) in [4.78, 5) is 33.1. The summed E-state index contributed by atoms with van der Waals surface area (Å²) >= 11 is 0. The molecule has 0 aliphatic heterocycles. The van der Waals surface area contributed by atoms with Crippen LogP contribution in [0.5, 0.6) is 0 Å². The Morgan fingerprint density at radius 2 is 1.95 bits per heavy atom. The molecule has 0 saturated heterocycles. The summed E-state index contributed by atoms with van der Waals surface area (Å²) < 4.78 is 0. The Labute approximate surface area is 118 Å². The standard InChI is InChI=1S/C14H22N2O4/c17-12(7-3-4-8-13(18)19)16-14(20)15-10-9-11-5-1-2-6-11/h5H,1-4,6-10H2,(H,18,19)(H2,15,16,17,20). The predicted molar refractivity (Wildman–Crippen MR) is 74.2 cm³/mol. The van der Waals surface area contributed by atoms with Crippen molar-refractivity contribution in [2.45, 2.75) is 51.4 Å². The van der Waals surface area contributed by atoms with Crippen molar-refractivity contribution in [2.75, 3.05) is 6.54 Å². The van der Waals surface area contributed by atoms with Crippen molar-refractivity contribution in [3.05, 3.63) is 11.6 Å². The number of carboxylic acid groups (broad SMARTS) is 1. The molecule has 20 heavy (non-hydrogen) atoms. The molecule has 1 rings (SSSR count). The number of aliphatic carboxylic acids is 1. The molecule has 0 bridgehead atoms. The lowest BCUT2D eigenvalue weighted by Crippen LogP contribution is -2.39. The fourth-order valence-corrected chi connectivity index (χ4v) is 2.10. The molecule has 0 heterocycles. The van der Waals surface area contributed by atoms with E-state index in [-0.39, 0.29) is 18.7 Å². The minimum absolute atomic E-state index is 0.0502. The van der Waals surface area contributed by atoms with E-state index in [1.54, 1.807) is 0 Å². The Kier molecular flexibility index (Phi) is 7.39. The Balaban J connectivity index is 2.02. The van der Waals surface area contributed by atoms with Crippen LogP contribution in [0.2, 0.25) is 0 Å². The Morgan fingerprint density at radius 1 is 1.20 bits per heavy atom. The number of amides is 3. The van der Waals surface area contributed by atoms with Crippen LogP contribution < -0.4 is 10.6 Å². The molecular weight excluding hydrogens is 260 g/mol. The maximum atomic E-state index is 11.4. The highest BCUT2D eigenvalue weighted by molar-refractivity contribution is 5.94. The number of rotatable bonds is 8. The number of carboxylic acids is 1. The van der Waals surface area contributed by atoms with Crippen molar-refractivity contribution in [3.63, 3.8) is 0 Å². The van der Waals surface area contributed by atoms with Crippen molar-refractivity contribution >= 4 is 17.9 Å². The van der Waals surface area contributed by atoms with E-state index >= 15 is 0 Å². The zero-order valence-corrected chi connectivity index (χ0v) is 11.6. The monoisotopic (exact) mass is 282 g/mol. The van der Waals surface area contributed by atoms with Gasteiger partial charge in [-0.1, -0.05) is 11.6 Å². The van der Waals surface area contributed by atoms with Crippen molar-refractivity contribution in [1.82, 2.24) is 10.6 Å². The molecule has 0 aromatic rings. The molecule has 0 aromatic carbocycles. The van der Waals surface area contributed by atoms with Crippen LogP contribution in [0.1, 0.15) is 51.4 Å². The van der Waals surface area contributed by atoms with E-state index in [4.69, 9.17) is 5.11 Å². The third kappa shape index (κ3) is 7.56. The van der Waals surface area contributed by atoms with Gasteiger partial charge in [-0.15, -0.1) is 0 Å². The molecule has 3 N–H and O–H groups in total. The van der Waals surface area contributed by atoms with Gasteiger partial charge in [0.1, 0.15) is 0 Å². The Bertz CT molecular complexity index is 391. The maximum Gasteiger partial charge on any atom is 0.321 e. The van der Waals surface area contributed by atoms with Gasteiger partial charge in [0.25, 0.3) is 0 Å². The molecule has 0 fully saturated rings. The molecule has 0 unspecified atom stereocenters. The molecule has 0 spiro atoms. The van der Waals surface area contributed by atoms with Gasteiger partial charge in [0.05, 0.1) is 0 Å². The number of nitrogens with one attached hydrogen (secondary N) is 2. The van der Waals surface area contributed by atoms with Crippen LogP contribution >= 0.6 is 0 Å². The highest BCUT2D eigenvalue weighted by Crippen LogP contribution is 2.19. The van der Waals surface area contributed by atoms with Gasteiger partial charge in [0.15, 0.2) is 0 Å². The summed E-state index contributed by atoms with van der Waals surface area (Å²) in [6, 6.07) is -0.480. The summed E-state index contributed by atoms with van der Waals surface area (Å²) in [5, 5.41) is 13.3. The number of unbranched alkanes of at least 4 members (excludes halogenated alkanes) is 1. The van der Waals surface area contributed by atoms with Gasteiger partial charge in [-0.2, -0.15) is 0 Å². The number of allylic oxidation sites excluding steroid dienone is 1. The summed E-state index contributed by atoms with van der Waals surface area (Å²) in [6.07, 6.45) is 7.59. The van der Waals surface area contributed by atoms with Crippen molar-refractivity contribution in [1.29, 1.82) is 0 Å². The highest BCUT2D eigenvalue weighted by Gasteiger charge is 2.08. The molecular formula is C14H22N2O4. The van der Waals surface area contributed by atoms with Gasteiger partial charge in [0, 0.05) is 19.4 Å². The van der Waals surface area contributed by atoms with E-state index in [2.05, 4.69) is 16.7 Å². The Morgan fingerprint density at radius 3 is 2.60 bits per heavy atom. The third-order valence-corrected chi connectivity index (χ3v) is 3.16. The van der Waals surface area contributed by atoms with Crippen LogP contribution in [0.3, 0.4) is 0 Å². The third-order valence-electron chi connectivity index (χ3n) is 3.16. The largest absolute Gasteiger partial charge is 0.481 e. The lowest BCUT2D eigenvalue weighted by Gasteiger charge is -2.07. The molecule has 3 amide bonds. The van der Waals surface area contributed by atoms with Crippen LogP contribution in [0.25, 0.3) is 0 Å². The second kappa shape index (κ2) is 9.12. The summed E-state index contributed by atoms with van der Waals surface area (Å²) in [6.45, 7) is 0.532. The van der Waals surface area contributed by atoms with Crippen LogP contribution in [-0.4, -0.2) is 29.6 Å². The smallest absolute Gasteiger partial charge is 0.321 e. The number of hydrogen-bond donors (Lipinski definition) is 3. The maximum absolute atomic E-state index is 11.4. The lowest BCUT2D eigenvalue weighted by atomic mass is 10.2. The van der Waals surface area contributed by atoms with E-state index in [1.807, 2.05) is 0 Å². The molecule has 1 aliphatic carbocycles. The zero-order chi connectivity index (χ0) is 14.8. The molecule has 0 atom stereocenters. The normalized spacial score (nSPS) is 13.7. The summed E-state index contributed by atoms with van der Waals surface area (Å²) in [5.74, 6) is -1.24. The minimum Gasteiger partial charge on any atom is -0.481 e. The lowest BCUT2D eigenvalue weighted by molar-refractivity contribution is -0.137. The molecule has 0 radical (unpaired) electrons. The number of imide groups is 1. The van der Waals surface area contributed by atoms with E-state index in [9.17, 15) is 14.4 Å². The fourth-order valence-electron chi connectivity index (χ4n) is 2.10. The van der Waals surface area contributed by atoms with Gasteiger partial charge < -0.3 is 10.4 Å². The SMILES string of the molecule is O=C(O)CCCCC(=O)NC(=O)NCCC1=CCCC1. The zero-order valence-electron chi connectivity index (χ0n) is 11.6. The number of carbonyl (C=O) groups excluding carboxylic acids is 2. The molecule has 0 aromatic heterocycles. The van der Waals surface area contributed by atoms with Gasteiger partial charge in [0.2, 0.25) is 5.91 Å². The molecule has 6 nitrogen and oxygen atoms in total. The average molecular weight is 282 g/mol. The fraction of sp³-hybridized carbons (Fsp3) is 0.643. The second-order valence-corrected chi connectivity index (χ2v) is 4.91. The van der Waals surface area contributed by atoms with Crippen LogP contribution in [0.15, 0.2) is 11.6 Å². The minimum atomic E-state index is -0.871. The highest BCUT2D eigenvalue weighted by atomic mass is 16.4. The van der Waals surface area contributed by atoms with Gasteiger partial charge >= 0.3 is 12.0 Å². The first-order valence-electron chi connectivity index (χ1n) is 7.05. The van der Waals surface area contributed by atoms with Gasteiger partial charge in [-0.05, 0) is 38.5 Å². The topological polar surface area (TPSA) is 95.5 Å². The average Bonchev–Trinajstić information content (AvgIpc) is 2.87. The first-order valence-corrected chi connectivity index (χ1v) is 7.05. The van der Waals surface area contributed by atoms with E-state index in [0.29, 0.717) is 19.4 Å². The van der Waals surface area contributed by atoms with E-state index < -0.39 is 12.0 Å². The van der Waals surface area contributed by atoms with Crippen molar-refractivity contribution < 1.29 is 19.5 Å². The van der Waals surface area contributed by atoms with E-state index in [0.717, 1.165) is 19.3 Å². The Hall–Kier alpha value is -1.85. The van der Waals surface area contributed by atoms with E-state index in [1.165, 1.54) is 12.0 Å². The van der Waals surface area contributed by atoms with Crippen LogP contribution in [0, 0.1) is 0 Å². The summed E-state index contributed by atoms with van der Waals surface area (Å²) in [7, 11) is 0. The second-order valence-electron chi connectivity index (χ2n) is 4.91. The first kappa shape index (κ1) is 16.2. The van der Waals surface area contributed by atoms with Crippen molar-refractivity contribution in [2.24, 2.45) is 0 Å². The molecule has 6 heteroatoms. The molecule has 112 valence electrons. The quantitative estimate of drug-likeness (QED) is 0.468. The number of carbonyl (C=O) groups is 3. The van der Waals surface area contributed by atoms with Crippen LogP contribution in [0.4, 0.5) is 4.79 Å².